The fourth-order valence-corrected chi connectivity index (χ4v) is 2.08. The van der Waals surface area contributed by atoms with Gasteiger partial charge in [-0.3, -0.25) is 0 Å². The molecule has 2 rings (SSSR count). The molecule has 0 aliphatic heterocycles. The van der Waals surface area contributed by atoms with E-state index >= 15 is 0 Å². The molecule has 1 aromatic carbocycles. The van der Waals surface area contributed by atoms with Crippen molar-refractivity contribution in [1.82, 2.24) is 9.55 Å². The molecule has 0 spiro atoms. The van der Waals surface area contributed by atoms with E-state index < -0.39 is 11.6 Å². The van der Waals surface area contributed by atoms with Gasteiger partial charge in [0.15, 0.2) is 11.6 Å². The number of hydrogen-bond donors (Lipinski definition) is 1. The molecule has 0 fully saturated rings. The average Bonchev–Trinajstić information content (AvgIpc) is 2.67. The van der Waals surface area contributed by atoms with E-state index in [0.29, 0.717) is 29.0 Å². The summed E-state index contributed by atoms with van der Waals surface area (Å²) >= 11 is 4.95. The Labute approximate surface area is 115 Å². The van der Waals surface area contributed by atoms with Crippen LogP contribution in [0.15, 0.2) is 12.1 Å². The van der Waals surface area contributed by atoms with E-state index in [1.165, 1.54) is 6.07 Å². The van der Waals surface area contributed by atoms with Crippen molar-refractivity contribution < 1.29 is 8.78 Å². The molecule has 1 atom stereocenters. The molecule has 1 unspecified atom stereocenters. The van der Waals surface area contributed by atoms with Gasteiger partial charge >= 0.3 is 0 Å². The number of aryl methyl sites for hydroxylation is 1. The number of benzene rings is 1. The summed E-state index contributed by atoms with van der Waals surface area (Å²) in [5.74, 6) is -1.03. The number of nitrogens with zero attached hydrogens (tertiary/aromatic N) is 2. The molecule has 0 bridgehead atoms. The molecule has 0 saturated heterocycles. The summed E-state index contributed by atoms with van der Waals surface area (Å²) in [7, 11) is 0. The molecule has 2 aromatic rings. The minimum Gasteiger partial charge on any atom is -0.393 e. The third kappa shape index (κ3) is 2.58. The Bertz CT molecular complexity index is 636. The molecule has 6 heteroatoms. The maximum Gasteiger partial charge on any atom is 0.161 e. The van der Waals surface area contributed by atoms with Crippen molar-refractivity contribution in [3.8, 4) is 0 Å². The Morgan fingerprint density at radius 1 is 1.42 bits per heavy atom. The van der Waals surface area contributed by atoms with Crippen LogP contribution in [0.4, 0.5) is 8.78 Å². The molecular weight excluding hydrogens is 268 g/mol. The van der Waals surface area contributed by atoms with Gasteiger partial charge in [-0.1, -0.05) is 26.1 Å². The quantitative estimate of drug-likeness (QED) is 0.878. The van der Waals surface area contributed by atoms with Gasteiger partial charge in [-0.05, 0) is 0 Å². The minimum absolute atomic E-state index is 0.0363. The van der Waals surface area contributed by atoms with Crippen LogP contribution in [-0.2, 0) is 13.0 Å². The van der Waals surface area contributed by atoms with Crippen LogP contribution in [0.1, 0.15) is 19.7 Å². The Hall–Kier alpha value is -1.56. The molecular formula is C13H15F2N3S. The van der Waals surface area contributed by atoms with E-state index in [0.717, 1.165) is 11.9 Å². The van der Waals surface area contributed by atoms with Gasteiger partial charge in [-0.15, -0.1) is 0 Å². The summed E-state index contributed by atoms with van der Waals surface area (Å²) in [6, 6.07) is 2.29. The van der Waals surface area contributed by atoms with Gasteiger partial charge < -0.3 is 10.3 Å². The van der Waals surface area contributed by atoms with Crippen LogP contribution in [-0.4, -0.2) is 14.5 Å². The van der Waals surface area contributed by atoms with Crippen molar-refractivity contribution >= 4 is 28.2 Å². The molecule has 0 aliphatic rings. The average molecular weight is 283 g/mol. The molecule has 102 valence electrons. The first-order valence-corrected chi connectivity index (χ1v) is 6.48. The second kappa shape index (κ2) is 5.21. The summed E-state index contributed by atoms with van der Waals surface area (Å²) in [4.78, 5) is 4.71. The van der Waals surface area contributed by atoms with Crippen molar-refractivity contribution in [2.75, 3.05) is 0 Å². The van der Waals surface area contributed by atoms with Crippen molar-refractivity contribution in [2.45, 2.75) is 26.8 Å². The standard InChI is InChI=1S/C13H15F2N3S/c1-3-12-17-10-4-8(14)9(15)5-11(10)18(12)6-7(2)13(16)19/h4-5,7H,3,6H2,1-2H3,(H2,16,19). The second-order valence-electron chi connectivity index (χ2n) is 4.55. The molecule has 0 radical (unpaired) electrons. The van der Waals surface area contributed by atoms with Crippen molar-refractivity contribution in [3.63, 3.8) is 0 Å². The van der Waals surface area contributed by atoms with Gasteiger partial charge in [0, 0.05) is 31.0 Å². The van der Waals surface area contributed by atoms with E-state index in [4.69, 9.17) is 18.0 Å². The van der Waals surface area contributed by atoms with E-state index in [1.807, 2.05) is 18.4 Å². The molecule has 0 aliphatic carbocycles. The Kier molecular flexibility index (Phi) is 3.80. The van der Waals surface area contributed by atoms with Crippen LogP contribution >= 0.6 is 12.2 Å². The monoisotopic (exact) mass is 283 g/mol. The number of hydrogen-bond acceptors (Lipinski definition) is 2. The highest BCUT2D eigenvalue weighted by atomic mass is 32.1. The highest BCUT2D eigenvalue weighted by molar-refractivity contribution is 7.80. The summed E-state index contributed by atoms with van der Waals surface area (Å²) in [6.07, 6.45) is 0.669. The predicted molar refractivity (Wildman–Crippen MR) is 75.0 cm³/mol. The Balaban J connectivity index is 2.56. The van der Waals surface area contributed by atoms with Crippen LogP contribution in [0.25, 0.3) is 11.0 Å². The lowest BCUT2D eigenvalue weighted by molar-refractivity contribution is 0.509. The summed E-state index contributed by atoms with van der Waals surface area (Å²) in [6.45, 7) is 4.35. The Morgan fingerprint density at radius 3 is 2.63 bits per heavy atom. The molecule has 19 heavy (non-hydrogen) atoms. The maximum atomic E-state index is 13.4. The largest absolute Gasteiger partial charge is 0.393 e. The summed E-state index contributed by atoms with van der Waals surface area (Å²) < 4.78 is 28.4. The lowest BCUT2D eigenvalue weighted by Crippen LogP contribution is -2.23. The van der Waals surface area contributed by atoms with Gasteiger partial charge in [-0.25, -0.2) is 13.8 Å². The van der Waals surface area contributed by atoms with Crippen LogP contribution in [0.2, 0.25) is 0 Å². The van der Waals surface area contributed by atoms with E-state index in [1.54, 1.807) is 0 Å². The van der Waals surface area contributed by atoms with Gasteiger partial charge in [0.1, 0.15) is 5.82 Å². The van der Waals surface area contributed by atoms with Crippen LogP contribution in [0.5, 0.6) is 0 Å². The van der Waals surface area contributed by atoms with Crippen LogP contribution < -0.4 is 5.73 Å². The van der Waals surface area contributed by atoms with E-state index in [9.17, 15) is 8.78 Å². The first-order chi connectivity index (χ1) is 8.93. The number of thiocarbonyl (C=S) groups is 1. The predicted octanol–water partition coefficient (Wildman–Crippen LogP) is 2.80. The molecule has 3 nitrogen and oxygen atoms in total. The van der Waals surface area contributed by atoms with Gasteiger partial charge in [0.2, 0.25) is 0 Å². The normalized spacial score (nSPS) is 12.8. The second-order valence-corrected chi connectivity index (χ2v) is 5.02. The maximum absolute atomic E-state index is 13.4. The van der Waals surface area contributed by atoms with Crippen molar-refractivity contribution in [3.05, 3.63) is 29.6 Å². The number of aromatic nitrogens is 2. The zero-order chi connectivity index (χ0) is 14.2. The lowest BCUT2D eigenvalue weighted by Gasteiger charge is -2.13. The number of rotatable bonds is 4. The zero-order valence-electron chi connectivity index (χ0n) is 10.8. The number of fused-ring (bicyclic) bond motifs is 1. The summed E-state index contributed by atoms with van der Waals surface area (Å²) in [5.41, 5.74) is 6.62. The fraction of sp³-hybridized carbons (Fsp3) is 0.385. The highest BCUT2D eigenvalue weighted by Gasteiger charge is 2.16. The number of imidazole rings is 1. The van der Waals surface area contributed by atoms with Gasteiger partial charge in [0.05, 0.1) is 16.0 Å². The smallest absolute Gasteiger partial charge is 0.161 e. The summed E-state index contributed by atoms with van der Waals surface area (Å²) in [5, 5.41) is 0. The molecule has 0 amide bonds. The van der Waals surface area contributed by atoms with Gasteiger partial charge in [0.25, 0.3) is 0 Å². The third-order valence-corrected chi connectivity index (χ3v) is 3.53. The Morgan fingerprint density at radius 2 is 2.05 bits per heavy atom. The molecule has 0 saturated carbocycles. The SMILES string of the molecule is CCc1nc2cc(F)c(F)cc2n1CC(C)C(N)=S. The number of nitrogens with two attached hydrogens (primary N) is 1. The topological polar surface area (TPSA) is 43.8 Å². The van der Waals surface area contributed by atoms with Crippen LogP contribution in [0, 0.1) is 17.6 Å². The molecule has 1 aromatic heterocycles. The lowest BCUT2D eigenvalue weighted by atomic mass is 10.1. The zero-order valence-corrected chi connectivity index (χ0v) is 11.6. The minimum atomic E-state index is -0.887. The highest BCUT2D eigenvalue weighted by Crippen LogP contribution is 2.21. The van der Waals surface area contributed by atoms with Gasteiger partial charge in [-0.2, -0.15) is 0 Å². The first-order valence-electron chi connectivity index (χ1n) is 6.07. The fourth-order valence-electron chi connectivity index (χ4n) is 2.01. The van der Waals surface area contributed by atoms with Crippen molar-refractivity contribution in [1.29, 1.82) is 0 Å². The molecule has 1 heterocycles. The van der Waals surface area contributed by atoms with E-state index in [2.05, 4.69) is 4.98 Å². The number of halogens is 2. The van der Waals surface area contributed by atoms with Crippen molar-refractivity contribution in [2.24, 2.45) is 11.7 Å². The third-order valence-electron chi connectivity index (χ3n) is 3.13. The van der Waals surface area contributed by atoms with E-state index in [-0.39, 0.29) is 5.92 Å². The molecule has 2 N–H and O–H groups in total. The first kappa shape index (κ1) is 13.9. The van der Waals surface area contributed by atoms with Crippen LogP contribution in [0.3, 0.4) is 0 Å².